The maximum atomic E-state index is 12.0. The summed E-state index contributed by atoms with van der Waals surface area (Å²) in [6, 6.07) is 10.6. The third kappa shape index (κ3) is 2.34. The Balaban J connectivity index is 1.56. The van der Waals surface area contributed by atoms with E-state index in [1.54, 1.807) is 0 Å². The summed E-state index contributed by atoms with van der Waals surface area (Å²) in [5.74, 6) is 0. The second-order valence-corrected chi connectivity index (χ2v) is 5.03. The maximum Gasteiger partial charge on any atom is 0.410 e. The van der Waals surface area contributed by atoms with Crippen LogP contribution in [0, 0.1) is 0 Å². The molecule has 4 nitrogen and oxygen atoms in total. The average molecular weight is 246 g/mol. The van der Waals surface area contributed by atoms with E-state index in [4.69, 9.17) is 4.74 Å². The van der Waals surface area contributed by atoms with Crippen molar-refractivity contribution < 1.29 is 9.53 Å². The van der Waals surface area contributed by atoms with E-state index in [9.17, 15) is 4.79 Å². The van der Waals surface area contributed by atoms with Crippen molar-refractivity contribution in [3.63, 3.8) is 0 Å². The van der Waals surface area contributed by atoms with E-state index in [-0.39, 0.29) is 6.09 Å². The van der Waals surface area contributed by atoms with Gasteiger partial charge >= 0.3 is 6.09 Å². The Morgan fingerprint density at radius 2 is 2.17 bits per heavy atom. The van der Waals surface area contributed by atoms with E-state index in [0.717, 1.165) is 25.1 Å². The molecule has 1 aromatic rings. The monoisotopic (exact) mass is 246 g/mol. The maximum absolute atomic E-state index is 12.0. The number of piperazine rings is 1. The molecule has 2 unspecified atom stereocenters. The van der Waals surface area contributed by atoms with Crippen LogP contribution in [0.3, 0.4) is 0 Å². The van der Waals surface area contributed by atoms with Gasteiger partial charge in [-0.3, -0.25) is 0 Å². The summed E-state index contributed by atoms with van der Waals surface area (Å²) in [7, 11) is 0. The van der Waals surface area contributed by atoms with Gasteiger partial charge in [-0.2, -0.15) is 0 Å². The first-order chi connectivity index (χ1) is 8.83. The zero-order valence-electron chi connectivity index (χ0n) is 10.3. The van der Waals surface area contributed by atoms with Gasteiger partial charge in [-0.05, 0) is 18.4 Å². The van der Waals surface area contributed by atoms with Crippen LogP contribution in [0.15, 0.2) is 30.3 Å². The predicted molar refractivity (Wildman–Crippen MR) is 68.1 cm³/mol. The Morgan fingerprint density at radius 1 is 1.33 bits per heavy atom. The molecule has 1 amide bonds. The molecule has 96 valence electrons. The molecule has 3 saturated heterocycles. The highest BCUT2D eigenvalue weighted by Gasteiger charge is 2.36. The first kappa shape index (κ1) is 11.5. The Morgan fingerprint density at radius 3 is 2.78 bits per heavy atom. The lowest BCUT2D eigenvalue weighted by Crippen LogP contribution is -2.62. The normalized spacial score (nSPS) is 26.1. The van der Waals surface area contributed by atoms with Gasteiger partial charge in [0.25, 0.3) is 0 Å². The van der Waals surface area contributed by atoms with Crippen LogP contribution in [-0.2, 0) is 11.3 Å². The molecule has 3 heterocycles. The SMILES string of the molecule is O=C(OCc1ccccc1)N1CC2CCC1CN2. The summed E-state index contributed by atoms with van der Waals surface area (Å²) >= 11 is 0. The highest BCUT2D eigenvalue weighted by Crippen LogP contribution is 2.23. The largest absolute Gasteiger partial charge is 0.445 e. The van der Waals surface area contributed by atoms with Crippen molar-refractivity contribution in [2.45, 2.75) is 31.5 Å². The summed E-state index contributed by atoms with van der Waals surface area (Å²) in [4.78, 5) is 13.9. The number of benzene rings is 1. The van der Waals surface area contributed by atoms with Crippen LogP contribution in [-0.4, -0.2) is 36.2 Å². The molecule has 18 heavy (non-hydrogen) atoms. The lowest BCUT2D eigenvalue weighted by molar-refractivity contribution is 0.0408. The highest BCUT2D eigenvalue weighted by molar-refractivity contribution is 5.68. The minimum atomic E-state index is -0.171. The van der Waals surface area contributed by atoms with Gasteiger partial charge in [-0.15, -0.1) is 0 Å². The van der Waals surface area contributed by atoms with Gasteiger partial charge in [-0.25, -0.2) is 4.79 Å². The predicted octanol–water partition coefficient (Wildman–Crippen LogP) is 1.76. The zero-order chi connectivity index (χ0) is 12.4. The Labute approximate surface area is 107 Å². The third-order valence-corrected chi connectivity index (χ3v) is 3.79. The minimum absolute atomic E-state index is 0.171. The molecule has 0 aromatic heterocycles. The van der Waals surface area contributed by atoms with Crippen LogP contribution in [0.4, 0.5) is 4.79 Å². The smallest absolute Gasteiger partial charge is 0.410 e. The van der Waals surface area contributed by atoms with Crippen molar-refractivity contribution in [2.24, 2.45) is 0 Å². The van der Waals surface area contributed by atoms with Crippen LogP contribution < -0.4 is 5.32 Å². The first-order valence-corrected chi connectivity index (χ1v) is 6.53. The number of rotatable bonds is 2. The van der Waals surface area contributed by atoms with E-state index in [2.05, 4.69) is 5.32 Å². The number of ether oxygens (including phenoxy) is 1. The molecule has 3 aliphatic rings. The average Bonchev–Trinajstić information content (AvgIpc) is 2.47. The molecule has 1 aromatic carbocycles. The molecular weight excluding hydrogens is 228 g/mol. The van der Waals surface area contributed by atoms with Crippen molar-refractivity contribution in [3.8, 4) is 0 Å². The van der Waals surface area contributed by atoms with Crippen molar-refractivity contribution in [2.75, 3.05) is 13.1 Å². The molecule has 0 spiro atoms. The van der Waals surface area contributed by atoms with Crippen molar-refractivity contribution >= 4 is 6.09 Å². The number of carbonyl (C=O) groups excluding carboxylic acids is 1. The van der Waals surface area contributed by atoms with Crippen molar-refractivity contribution in [1.82, 2.24) is 10.2 Å². The van der Waals surface area contributed by atoms with Gasteiger partial charge in [0.05, 0.1) is 0 Å². The van der Waals surface area contributed by atoms with Gasteiger partial charge in [0.2, 0.25) is 0 Å². The number of hydrogen-bond acceptors (Lipinski definition) is 3. The lowest BCUT2D eigenvalue weighted by Gasteiger charge is -2.45. The molecule has 4 heteroatoms. The molecule has 4 rings (SSSR count). The fourth-order valence-electron chi connectivity index (χ4n) is 2.73. The second kappa shape index (κ2) is 4.98. The Hall–Kier alpha value is -1.55. The number of nitrogens with zero attached hydrogens (tertiary/aromatic N) is 1. The zero-order valence-corrected chi connectivity index (χ0v) is 10.3. The van der Waals surface area contributed by atoms with E-state index in [1.807, 2.05) is 35.2 Å². The summed E-state index contributed by atoms with van der Waals surface area (Å²) < 4.78 is 5.38. The van der Waals surface area contributed by atoms with Crippen molar-refractivity contribution in [1.29, 1.82) is 0 Å². The lowest BCUT2D eigenvalue weighted by atomic mass is 9.94. The number of hydrogen-bond donors (Lipinski definition) is 1. The molecule has 1 N–H and O–H groups in total. The molecule has 0 saturated carbocycles. The minimum Gasteiger partial charge on any atom is -0.445 e. The molecule has 0 radical (unpaired) electrons. The van der Waals surface area contributed by atoms with Gasteiger partial charge in [0.1, 0.15) is 6.61 Å². The number of piperidine rings is 2. The van der Waals surface area contributed by atoms with Crippen LogP contribution in [0.2, 0.25) is 0 Å². The van der Waals surface area contributed by atoms with Gasteiger partial charge in [0.15, 0.2) is 0 Å². The standard InChI is InChI=1S/C14H18N2O2/c17-14(18-10-11-4-2-1-3-5-11)16-9-12-6-7-13(16)8-15-12/h1-5,12-13,15H,6-10H2. The van der Waals surface area contributed by atoms with E-state index in [0.29, 0.717) is 18.7 Å². The highest BCUT2D eigenvalue weighted by atomic mass is 16.6. The van der Waals surface area contributed by atoms with E-state index in [1.165, 1.54) is 6.42 Å². The molecule has 2 atom stereocenters. The van der Waals surface area contributed by atoms with Crippen LogP contribution in [0.25, 0.3) is 0 Å². The fraction of sp³-hybridized carbons (Fsp3) is 0.500. The Bertz CT molecular complexity index is 413. The summed E-state index contributed by atoms with van der Waals surface area (Å²) in [6.07, 6.45) is 2.10. The second-order valence-electron chi connectivity index (χ2n) is 5.03. The fourth-order valence-corrected chi connectivity index (χ4v) is 2.73. The number of carbonyl (C=O) groups is 1. The van der Waals surface area contributed by atoms with Gasteiger partial charge < -0.3 is 15.0 Å². The number of nitrogens with one attached hydrogen (secondary N) is 1. The number of fused-ring (bicyclic) bond motifs is 3. The first-order valence-electron chi connectivity index (χ1n) is 6.53. The van der Waals surface area contributed by atoms with Crippen LogP contribution in [0.1, 0.15) is 18.4 Å². The summed E-state index contributed by atoms with van der Waals surface area (Å²) in [5, 5.41) is 3.43. The van der Waals surface area contributed by atoms with Crippen LogP contribution >= 0.6 is 0 Å². The van der Waals surface area contributed by atoms with Crippen LogP contribution in [0.5, 0.6) is 0 Å². The molecule has 2 bridgehead atoms. The molecular formula is C14H18N2O2. The summed E-state index contributed by atoms with van der Waals surface area (Å²) in [6.45, 7) is 2.06. The third-order valence-electron chi connectivity index (χ3n) is 3.79. The van der Waals surface area contributed by atoms with E-state index < -0.39 is 0 Å². The van der Waals surface area contributed by atoms with Gasteiger partial charge in [-0.1, -0.05) is 30.3 Å². The molecule has 3 fully saturated rings. The topological polar surface area (TPSA) is 41.6 Å². The number of amides is 1. The quantitative estimate of drug-likeness (QED) is 0.864. The van der Waals surface area contributed by atoms with Gasteiger partial charge in [0, 0.05) is 25.2 Å². The Kier molecular flexibility index (Phi) is 3.19. The molecule has 0 aliphatic carbocycles. The molecule has 3 aliphatic heterocycles. The van der Waals surface area contributed by atoms with E-state index >= 15 is 0 Å². The van der Waals surface area contributed by atoms with Crippen molar-refractivity contribution in [3.05, 3.63) is 35.9 Å². The summed E-state index contributed by atoms with van der Waals surface area (Å²) in [5.41, 5.74) is 1.03.